The van der Waals surface area contributed by atoms with Crippen LogP contribution in [-0.2, 0) is 10.8 Å². The van der Waals surface area contributed by atoms with Gasteiger partial charge in [-0.2, -0.15) is 0 Å². The minimum absolute atomic E-state index is 0.492. The predicted molar refractivity (Wildman–Crippen MR) is 159 cm³/mol. The van der Waals surface area contributed by atoms with Gasteiger partial charge < -0.3 is 0 Å². The number of benzene rings is 5. The fourth-order valence-electron chi connectivity index (χ4n) is 6.67. The lowest BCUT2D eigenvalue weighted by Gasteiger charge is -2.34. The molecule has 2 heteroatoms. The summed E-state index contributed by atoms with van der Waals surface area (Å²) in [6.45, 7) is 8.90. The Hall–Kier alpha value is -3.75. The second-order valence-corrected chi connectivity index (χ2v) is 11.0. The molecule has 172 valence electrons. The highest BCUT2D eigenvalue weighted by Gasteiger charge is 2.50. The van der Waals surface area contributed by atoms with E-state index in [-0.39, 0.29) is 0 Å². The average Bonchev–Trinajstić information content (AvgIpc) is 3.35. The smallest absolute Gasteiger partial charge is 0.0976 e. The Morgan fingerprint density at radius 2 is 1.22 bits per heavy atom. The van der Waals surface area contributed by atoms with Crippen molar-refractivity contribution in [3.63, 3.8) is 0 Å². The predicted octanol–water partition coefficient (Wildman–Crippen LogP) is 7.89. The maximum Gasteiger partial charge on any atom is 0.174 e. The molecule has 5 aromatic rings. The Labute approximate surface area is 228 Å². The molecule has 0 aliphatic heterocycles. The van der Waals surface area contributed by atoms with E-state index < -0.39 is 10.8 Å². The number of rotatable bonds is 3. The lowest BCUT2D eigenvalue weighted by molar-refractivity contribution is 0.767. The van der Waals surface area contributed by atoms with Crippen LogP contribution in [0.5, 0.6) is 0 Å². The average molecular weight is 534 g/mol. The maximum absolute atomic E-state index is 6.41. The number of hydrogen-bond acceptors (Lipinski definition) is 0. The van der Waals surface area contributed by atoms with Crippen LogP contribution in [0.25, 0.3) is 22.3 Å². The number of fused-ring (bicyclic) bond motifs is 6. The van der Waals surface area contributed by atoms with Gasteiger partial charge in [0, 0.05) is 15.6 Å². The zero-order valence-corrected chi connectivity index (χ0v) is 21.9. The summed E-state index contributed by atoms with van der Waals surface area (Å²) in [7, 11) is 6.41. The highest BCUT2D eigenvalue weighted by Crippen LogP contribution is 2.60. The highest BCUT2D eigenvalue weighted by molar-refractivity contribution is 9.10. The fourth-order valence-corrected chi connectivity index (χ4v) is 7.07. The monoisotopic (exact) mass is 533 g/mol. The number of hydrogen-bond donors (Lipinski definition) is 0. The van der Waals surface area contributed by atoms with Crippen molar-refractivity contribution in [3.05, 3.63) is 167 Å². The number of allylic oxidation sites excluding steroid dienone is 1. The summed E-state index contributed by atoms with van der Waals surface area (Å²) in [5.41, 5.74) is 12.0. The van der Waals surface area contributed by atoms with Crippen LogP contribution in [0, 0.1) is 6.92 Å². The van der Waals surface area contributed by atoms with Crippen LogP contribution in [0.1, 0.15) is 33.4 Å². The van der Waals surface area contributed by atoms with Gasteiger partial charge in [0.25, 0.3) is 0 Å². The van der Waals surface area contributed by atoms with Gasteiger partial charge in [-0.1, -0.05) is 113 Å². The minimum atomic E-state index is -0.518. The molecule has 0 bridgehead atoms. The van der Waals surface area contributed by atoms with Gasteiger partial charge >= 0.3 is 0 Å². The van der Waals surface area contributed by atoms with Crippen molar-refractivity contribution in [1.82, 2.24) is 0 Å². The van der Waals surface area contributed by atoms with Crippen LogP contribution in [0.3, 0.4) is 0 Å². The summed E-state index contributed by atoms with van der Waals surface area (Å²) in [5.74, 6) is 0. The molecule has 2 aliphatic carbocycles. The SMILES string of the molecule is [B]c1cccc(C2(c3cccc(Br)c3)c3ccccc3-c3cc4c(cc32)-c2ccccc2C4([CH2+])C=C)c1. The first-order valence-electron chi connectivity index (χ1n) is 12.5. The molecule has 2 atom stereocenters. The molecule has 0 N–H and O–H groups in total. The molecule has 0 aromatic heterocycles. The van der Waals surface area contributed by atoms with Crippen LogP contribution in [-0.4, -0.2) is 7.85 Å². The van der Waals surface area contributed by atoms with Crippen molar-refractivity contribution in [2.45, 2.75) is 10.8 Å². The van der Waals surface area contributed by atoms with E-state index in [4.69, 9.17) is 7.85 Å². The molecule has 0 saturated carbocycles. The van der Waals surface area contributed by atoms with E-state index in [2.05, 4.69) is 133 Å². The van der Waals surface area contributed by atoms with E-state index in [1.807, 2.05) is 12.1 Å². The fraction of sp³-hybridized carbons (Fsp3) is 0.0571. The van der Waals surface area contributed by atoms with Crippen LogP contribution in [0.2, 0.25) is 0 Å². The van der Waals surface area contributed by atoms with E-state index in [1.165, 1.54) is 50.1 Å². The summed E-state index contributed by atoms with van der Waals surface area (Å²) < 4.78 is 1.05. The Bertz CT molecular complexity index is 1700. The molecule has 0 fully saturated rings. The second kappa shape index (κ2) is 7.87. The minimum Gasteiger partial charge on any atom is -0.0976 e. The maximum atomic E-state index is 6.41. The third-order valence-corrected chi connectivity index (χ3v) is 8.78. The van der Waals surface area contributed by atoms with Crippen molar-refractivity contribution in [2.75, 3.05) is 0 Å². The van der Waals surface area contributed by atoms with Gasteiger partial charge in [0.05, 0.1) is 12.3 Å². The summed E-state index contributed by atoms with van der Waals surface area (Å²) >= 11 is 3.75. The van der Waals surface area contributed by atoms with Crippen molar-refractivity contribution in [1.29, 1.82) is 0 Å². The van der Waals surface area contributed by atoms with Crippen LogP contribution in [0.15, 0.2) is 126 Å². The second-order valence-electron chi connectivity index (χ2n) is 10.1. The van der Waals surface area contributed by atoms with E-state index >= 15 is 0 Å². The molecule has 0 spiro atoms. The summed E-state index contributed by atoms with van der Waals surface area (Å²) in [4.78, 5) is 0. The van der Waals surface area contributed by atoms with Gasteiger partial charge in [0.15, 0.2) is 5.41 Å². The number of halogens is 1. The van der Waals surface area contributed by atoms with E-state index in [0.29, 0.717) is 0 Å². The first-order valence-corrected chi connectivity index (χ1v) is 13.3. The Morgan fingerprint density at radius 1 is 0.622 bits per heavy atom. The molecule has 5 aromatic carbocycles. The molecule has 2 radical (unpaired) electrons. The third kappa shape index (κ3) is 2.88. The molecule has 2 aliphatic rings. The van der Waals surface area contributed by atoms with Crippen LogP contribution < -0.4 is 5.46 Å². The van der Waals surface area contributed by atoms with Gasteiger partial charge in [0.1, 0.15) is 7.85 Å². The highest BCUT2D eigenvalue weighted by atomic mass is 79.9. The molecular formula is C35H23BBr+. The van der Waals surface area contributed by atoms with Gasteiger partial charge in [-0.15, -0.1) is 0 Å². The van der Waals surface area contributed by atoms with Gasteiger partial charge in [0.2, 0.25) is 0 Å². The summed E-state index contributed by atoms with van der Waals surface area (Å²) in [5, 5.41) is 0. The summed E-state index contributed by atoms with van der Waals surface area (Å²) in [6.07, 6.45) is 1.99. The van der Waals surface area contributed by atoms with Crippen molar-refractivity contribution in [3.8, 4) is 22.3 Å². The molecule has 0 heterocycles. The summed E-state index contributed by atoms with van der Waals surface area (Å²) in [6, 6.07) is 39.2. The molecule has 2 unspecified atom stereocenters. The Kier molecular flexibility index (Phi) is 4.78. The van der Waals surface area contributed by atoms with Crippen LogP contribution >= 0.6 is 15.9 Å². The lowest BCUT2D eigenvalue weighted by atomic mass is 9.66. The largest absolute Gasteiger partial charge is 0.174 e. The zero-order valence-electron chi connectivity index (χ0n) is 20.3. The lowest BCUT2D eigenvalue weighted by Crippen LogP contribution is -2.30. The molecular weight excluding hydrogens is 511 g/mol. The molecule has 0 amide bonds. The molecule has 7 rings (SSSR count). The topological polar surface area (TPSA) is 0 Å². The van der Waals surface area contributed by atoms with Gasteiger partial charge in [-0.25, -0.2) is 0 Å². The first kappa shape index (κ1) is 22.5. The van der Waals surface area contributed by atoms with Crippen molar-refractivity contribution in [2.24, 2.45) is 0 Å². The first-order chi connectivity index (χ1) is 18.0. The van der Waals surface area contributed by atoms with E-state index in [0.717, 1.165) is 15.5 Å². The van der Waals surface area contributed by atoms with Crippen LogP contribution in [0.4, 0.5) is 0 Å². The van der Waals surface area contributed by atoms with E-state index in [1.54, 1.807) is 0 Å². The van der Waals surface area contributed by atoms with Gasteiger partial charge in [-0.3, -0.25) is 0 Å². The molecule has 0 nitrogen and oxygen atoms in total. The van der Waals surface area contributed by atoms with Crippen molar-refractivity contribution < 1.29 is 0 Å². The third-order valence-electron chi connectivity index (χ3n) is 8.29. The quantitative estimate of drug-likeness (QED) is 0.123. The van der Waals surface area contributed by atoms with Crippen molar-refractivity contribution >= 4 is 29.2 Å². The zero-order chi connectivity index (χ0) is 25.4. The van der Waals surface area contributed by atoms with Gasteiger partial charge in [-0.05, 0) is 74.8 Å². The standard InChI is InChI=1S/C35H23BBr/c1-3-34(2)30-16-6-4-14-26(30)28-21-33-29(20-32(28)34)27-15-5-7-17-31(27)35(33,22-10-8-12-24(36)18-22)23-11-9-13-25(37)19-23/h3-21H,1-2H2/q+1. The Balaban J connectivity index is 1.67. The molecule has 37 heavy (non-hydrogen) atoms. The normalized spacial score (nSPS) is 20.6. The van der Waals surface area contributed by atoms with E-state index in [9.17, 15) is 0 Å². The molecule has 0 saturated heterocycles. The Morgan fingerprint density at radius 3 is 1.92 bits per heavy atom.